The van der Waals surface area contributed by atoms with Gasteiger partial charge in [-0.05, 0) is 69.3 Å². The van der Waals surface area contributed by atoms with E-state index in [0.29, 0.717) is 16.8 Å². The van der Waals surface area contributed by atoms with E-state index in [4.69, 9.17) is 0 Å². The average Bonchev–Trinajstić information content (AvgIpc) is 2.60. The van der Waals surface area contributed by atoms with Crippen molar-refractivity contribution >= 4 is 27.5 Å². The van der Waals surface area contributed by atoms with E-state index in [9.17, 15) is 18.0 Å². The first-order valence-corrected chi connectivity index (χ1v) is 9.78. The van der Waals surface area contributed by atoms with Gasteiger partial charge in [-0.2, -0.15) is 0 Å². The van der Waals surface area contributed by atoms with Gasteiger partial charge in [-0.25, -0.2) is 8.42 Å². The monoisotopic (exact) mass is 389 g/mol. The Morgan fingerprint density at radius 3 is 1.78 bits per heavy atom. The number of anilines is 1. The molecule has 0 bridgehead atoms. The summed E-state index contributed by atoms with van der Waals surface area (Å²) in [5, 5.41) is 5.31. The molecule has 8 heteroatoms. The van der Waals surface area contributed by atoms with Gasteiger partial charge in [-0.3, -0.25) is 14.3 Å². The predicted molar refractivity (Wildman–Crippen MR) is 104 cm³/mol. The van der Waals surface area contributed by atoms with Crippen LogP contribution < -0.4 is 15.4 Å². The lowest BCUT2D eigenvalue weighted by Gasteiger charge is -2.20. The predicted octanol–water partition coefficient (Wildman–Crippen LogP) is 2.38. The van der Waals surface area contributed by atoms with Crippen molar-refractivity contribution in [3.8, 4) is 0 Å². The van der Waals surface area contributed by atoms with E-state index in [1.54, 1.807) is 12.1 Å². The molecule has 27 heavy (non-hydrogen) atoms. The lowest BCUT2D eigenvalue weighted by atomic mass is 10.1. The van der Waals surface area contributed by atoms with E-state index in [2.05, 4.69) is 15.4 Å². The molecule has 0 aliphatic carbocycles. The first-order valence-electron chi connectivity index (χ1n) is 8.29. The van der Waals surface area contributed by atoms with Gasteiger partial charge in [0.05, 0.1) is 4.90 Å². The van der Waals surface area contributed by atoms with Crippen molar-refractivity contribution in [2.24, 2.45) is 0 Å². The van der Waals surface area contributed by atoms with Crippen molar-refractivity contribution in [1.82, 2.24) is 10.6 Å². The van der Waals surface area contributed by atoms with Crippen LogP contribution in [0, 0.1) is 0 Å². The highest BCUT2D eigenvalue weighted by Gasteiger charge is 2.17. The normalized spacial score (nSPS) is 11.6. The minimum Gasteiger partial charge on any atom is -0.355 e. The molecule has 0 atom stereocenters. The summed E-state index contributed by atoms with van der Waals surface area (Å²) in [5.74, 6) is -0.530. The summed E-state index contributed by atoms with van der Waals surface area (Å²) < 4.78 is 27.4. The quantitative estimate of drug-likeness (QED) is 0.730. The second kappa shape index (κ2) is 7.79. The maximum absolute atomic E-state index is 12.5. The SMILES string of the molecule is CNC(=O)c1ccc(S(=O)(=O)Nc2ccc(C(=O)NC(C)(C)C)cc2)cc1. The number of nitrogens with one attached hydrogen (secondary N) is 3. The van der Waals surface area contributed by atoms with Crippen molar-refractivity contribution in [2.75, 3.05) is 11.8 Å². The number of sulfonamides is 1. The zero-order valence-electron chi connectivity index (χ0n) is 15.7. The molecule has 2 aromatic rings. The van der Waals surface area contributed by atoms with Crippen LogP contribution in [-0.4, -0.2) is 32.8 Å². The molecule has 2 aromatic carbocycles. The highest BCUT2D eigenvalue weighted by molar-refractivity contribution is 7.92. The van der Waals surface area contributed by atoms with Crippen molar-refractivity contribution in [3.05, 3.63) is 59.7 Å². The standard InChI is InChI=1S/C19H23N3O4S/c1-19(2,3)21-18(24)14-5-9-15(10-6-14)22-27(25,26)16-11-7-13(8-12-16)17(23)20-4/h5-12,22H,1-4H3,(H,20,23)(H,21,24). The number of hydrogen-bond acceptors (Lipinski definition) is 4. The molecule has 0 fully saturated rings. The molecule has 0 spiro atoms. The summed E-state index contributed by atoms with van der Waals surface area (Å²) in [7, 11) is -2.31. The molecule has 0 saturated carbocycles. The maximum atomic E-state index is 12.5. The summed E-state index contributed by atoms with van der Waals surface area (Å²) in [6, 6.07) is 11.7. The van der Waals surface area contributed by atoms with Crippen LogP contribution in [0.1, 0.15) is 41.5 Å². The van der Waals surface area contributed by atoms with Crippen LogP contribution >= 0.6 is 0 Å². The molecule has 3 N–H and O–H groups in total. The molecule has 0 aliphatic heterocycles. The molecule has 2 rings (SSSR count). The third-order valence-corrected chi connectivity index (χ3v) is 4.94. The molecule has 7 nitrogen and oxygen atoms in total. The molecular weight excluding hydrogens is 366 g/mol. The van der Waals surface area contributed by atoms with Gasteiger partial charge in [0.15, 0.2) is 0 Å². The Bertz CT molecular complexity index is 928. The van der Waals surface area contributed by atoms with Crippen molar-refractivity contribution in [1.29, 1.82) is 0 Å². The van der Waals surface area contributed by atoms with E-state index < -0.39 is 10.0 Å². The van der Waals surface area contributed by atoms with E-state index >= 15 is 0 Å². The Kier molecular flexibility index (Phi) is 5.90. The molecule has 0 aliphatic rings. The third-order valence-electron chi connectivity index (χ3n) is 3.54. The smallest absolute Gasteiger partial charge is 0.261 e. The van der Waals surface area contributed by atoms with E-state index in [1.165, 1.54) is 43.4 Å². The molecule has 0 saturated heterocycles. The van der Waals surface area contributed by atoms with Gasteiger partial charge in [0.1, 0.15) is 0 Å². The number of hydrogen-bond donors (Lipinski definition) is 3. The largest absolute Gasteiger partial charge is 0.355 e. The number of rotatable bonds is 5. The van der Waals surface area contributed by atoms with Crippen LogP contribution in [0.2, 0.25) is 0 Å². The summed E-state index contributed by atoms with van der Waals surface area (Å²) in [6.07, 6.45) is 0. The average molecular weight is 389 g/mol. The molecule has 144 valence electrons. The van der Waals surface area contributed by atoms with Gasteiger partial charge in [0.2, 0.25) is 0 Å². The number of amides is 2. The van der Waals surface area contributed by atoms with Gasteiger partial charge in [0, 0.05) is 29.4 Å². The van der Waals surface area contributed by atoms with E-state index in [1.807, 2.05) is 20.8 Å². The summed E-state index contributed by atoms with van der Waals surface area (Å²) >= 11 is 0. The fourth-order valence-electron chi connectivity index (χ4n) is 2.25. The molecule has 0 unspecified atom stereocenters. The molecule has 0 radical (unpaired) electrons. The highest BCUT2D eigenvalue weighted by atomic mass is 32.2. The number of carbonyl (C=O) groups excluding carboxylic acids is 2. The number of carbonyl (C=O) groups is 2. The summed E-state index contributed by atoms with van der Waals surface area (Å²) in [6.45, 7) is 5.63. The fourth-order valence-corrected chi connectivity index (χ4v) is 3.30. The molecule has 0 aromatic heterocycles. The number of benzene rings is 2. The molecule has 0 heterocycles. The maximum Gasteiger partial charge on any atom is 0.261 e. The van der Waals surface area contributed by atoms with Crippen molar-refractivity contribution < 1.29 is 18.0 Å². The topological polar surface area (TPSA) is 104 Å². The second-order valence-corrected chi connectivity index (χ2v) is 8.67. The van der Waals surface area contributed by atoms with Crippen molar-refractivity contribution in [3.63, 3.8) is 0 Å². The van der Waals surface area contributed by atoms with Gasteiger partial charge >= 0.3 is 0 Å². The zero-order chi connectivity index (χ0) is 20.2. The van der Waals surface area contributed by atoms with Crippen molar-refractivity contribution in [2.45, 2.75) is 31.2 Å². The first kappa shape index (κ1) is 20.4. The minimum absolute atomic E-state index is 0.0321. The van der Waals surface area contributed by atoms with Crippen LogP contribution in [0.15, 0.2) is 53.4 Å². The van der Waals surface area contributed by atoms with Crippen LogP contribution in [-0.2, 0) is 10.0 Å². The highest BCUT2D eigenvalue weighted by Crippen LogP contribution is 2.18. The Morgan fingerprint density at radius 2 is 1.30 bits per heavy atom. The van der Waals surface area contributed by atoms with E-state index in [-0.39, 0.29) is 22.2 Å². The van der Waals surface area contributed by atoms with Crippen LogP contribution in [0.3, 0.4) is 0 Å². The lowest BCUT2D eigenvalue weighted by Crippen LogP contribution is -2.40. The van der Waals surface area contributed by atoms with Gasteiger partial charge in [-0.15, -0.1) is 0 Å². The van der Waals surface area contributed by atoms with Gasteiger partial charge in [-0.1, -0.05) is 0 Å². The third kappa shape index (κ3) is 5.55. The fraction of sp³-hybridized carbons (Fsp3) is 0.263. The van der Waals surface area contributed by atoms with Crippen LogP contribution in [0.4, 0.5) is 5.69 Å². The van der Waals surface area contributed by atoms with Crippen LogP contribution in [0.25, 0.3) is 0 Å². The van der Waals surface area contributed by atoms with Gasteiger partial charge < -0.3 is 10.6 Å². The summed E-state index contributed by atoms with van der Waals surface area (Å²) in [5.41, 5.74) is 0.768. The second-order valence-electron chi connectivity index (χ2n) is 6.99. The molecular formula is C19H23N3O4S. The van der Waals surface area contributed by atoms with E-state index in [0.717, 1.165) is 0 Å². The first-order chi connectivity index (χ1) is 12.5. The lowest BCUT2D eigenvalue weighted by molar-refractivity contribution is 0.0918. The Morgan fingerprint density at radius 1 is 0.815 bits per heavy atom. The molecule has 2 amide bonds. The Labute approximate surface area is 159 Å². The minimum atomic E-state index is -3.81. The zero-order valence-corrected chi connectivity index (χ0v) is 16.5. The summed E-state index contributed by atoms with van der Waals surface area (Å²) in [4.78, 5) is 23.7. The Hall–Kier alpha value is -2.87. The van der Waals surface area contributed by atoms with Crippen LogP contribution in [0.5, 0.6) is 0 Å². The Balaban J connectivity index is 2.13. The van der Waals surface area contributed by atoms with Gasteiger partial charge in [0.25, 0.3) is 21.8 Å².